The Morgan fingerprint density at radius 2 is 1.12 bits per heavy atom. The number of amides is 2. The first-order valence-electron chi connectivity index (χ1n) is 21.9. The third kappa shape index (κ3) is 34.2. The Bertz CT molecular complexity index is 1030. The van der Waals surface area contributed by atoms with Crippen LogP contribution in [0.4, 0.5) is 9.59 Å². The van der Waals surface area contributed by atoms with Gasteiger partial charge in [-0.15, -0.1) is 0 Å². The standard InChI is InChI=1S/C43H78N4O8S2/c1-4-6-8-10-12-14-22-34-52-40(48)24-18-16-20-27-47(28-21-17-19-25-41(49)53-35-23-15-13-11-9-7-5-2)43(51)55-37-39-57-56-38-36-54-42(50)44-26-29-46-32-30-45(3)31-33-46/h14-15,22-23H,4-13,16-21,24-39H2,1-3H3,(H,44,50)/b22-14-,23-15-. The number of hydrogen-bond acceptors (Lipinski definition) is 12. The molecule has 12 nitrogen and oxygen atoms in total. The fraction of sp³-hybridized carbons (Fsp3) is 0.814. The summed E-state index contributed by atoms with van der Waals surface area (Å²) >= 11 is 0. The van der Waals surface area contributed by atoms with E-state index in [-0.39, 0.29) is 24.6 Å². The number of esters is 2. The van der Waals surface area contributed by atoms with Gasteiger partial charge < -0.3 is 34.1 Å². The molecule has 0 bridgehead atoms. The molecular formula is C43H78N4O8S2. The van der Waals surface area contributed by atoms with Gasteiger partial charge in [0, 0.05) is 76.7 Å². The first-order chi connectivity index (χ1) is 27.8. The van der Waals surface area contributed by atoms with Crippen molar-refractivity contribution in [2.24, 2.45) is 0 Å². The van der Waals surface area contributed by atoms with E-state index in [0.29, 0.717) is 76.6 Å². The lowest BCUT2D eigenvalue weighted by Crippen LogP contribution is -2.47. The first-order valence-corrected chi connectivity index (χ1v) is 24.4. The minimum Gasteiger partial charge on any atom is -0.461 e. The number of hydrogen-bond donors (Lipinski definition) is 1. The number of likely N-dealkylation sites (N-methyl/N-ethyl adjacent to an activating group) is 1. The zero-order chi connectivity index (χ0) is 41.4. The molecule has 1 N–H and O–H groups in total. The lowest BCUT2D eigenvalue weighted by atomic mass is 10.1. The molecule has 2 amide bonds. The summed E-state index contributed by atoms with van der Waals surface area (Å²) in [6.07, 6.45) is 24.3. The van der Waals surface area contributed by atoms with Crippen LogP contribution in [0, 0.1) is 0 Å². The number of piperazine rings is 1. The number of nitrogens with zero attached hydrogens (tertiary/aromatic N) is 3. The highest BCUT2D eigenvalue weighted by Crippen LogP contribution is 2.20. The van der Waals surface area contributed by atoms with Gasteiger partial charge in [-0.05, 0) is 58.4 Å². The molecule has 1 aliphatic heterocycles. The number of carbonyl (C=O) groups excluding carboxylic acids is 4. The van der Waals surface area contributed by atoms with E-state index in [1.54, 1.807) is 26.5 Å². The maximum atomic E-state index is 13.0. The summed E-state index contributed by atoms with van der Waals surface area (Å²) in [6, 6.07) is 0. The van der Waals surface area contributed by atoms with Crippen LogP contribution in [0.5, 0.6) is 0 Å². The van der Waals surface area contributed by atoms with Crippen molar-refractivity contribution in [1.82, 2.24) is 20.0 Å². The number of carbonyl (C=O) groups is 4. The summed E-state index contributed by atoms with van der Waals surface area (Å²) in [4.78, 5) is 55.7. The Labute approximate surface area is 353 Å². The molecule has 0 unspecified atom stereocenters. The quantitative estimate of drug-likeness (QED) is 0.0213. The van der Waals surface area contributed by atoms with Gasteiger partial charge >= 0.3 is 24.1 Å². The largest absolute Gasteiger partial charge is 0.461 e. The predicted octanol–water partition coefficient (Wildman–Crippen LogP) is 9.04. The zero-order valence-electron chi connectivity index (χ0n) is 35.9. The number of alkyl carbamates (subject to hydrolysis) is 1. The fourth-order valence-corrected chi connectivity index (χ4v) is 7.60. The number of rotatable bonds is 36. The lowest BCUT2D eigenvalue weighted by Gasteiger charge is -2.32. The molecule has 1 heterocycles. The molecule has 1 aliphatic rings. The molecule has 1 rings (SSSR count). The highest BCUT2D eigenvalue weighted by molar-refractivity contribution is 8.76. The second-order valence-corrected chi connectivity index (χ2v) is 17.3. The average Bonchev–Trinajstić information content (AvgIpc) is 3.20. The fourth-order valence-electron chi connectivity index (χ4n) is 5.95. The molecule has 0 aromatic carbocycles. The Hall–Kier alpha value is -2.42. The number of allylic oxidation sites excluding steroid dienone is 2. The molecule has 0 radical (unpaired) electrons. The average molecular weight is 843 g/mol. The summed E-state index contributed by atoms with van der Waals surface area (Å²) in [5.41, 5.74) is 0. The van der Waals surface area contributed by atoms with E-state index in [1.165, 1.54) is 51.4 Å². The number of ether oxygens (including phenoxy) is 4. The Kier molecular flexibility index (Phi) is 36.0. The topological polar surface area (TPSA) is 127 Å². The second kappa shape index (κ2) is 39.1. The lowest BCUT2D eigenvalue weighted by molar-refractivity contribution is -0.143. The Morgan fingerprint density at radius 1 is 0.614 bits per heavy atom. The molecule has 0 saturated carbocycles. The summed E-state index contributed by atoms with van der Waals surface area (Å²) in [7, 11) is 5.28. The molecule has 57 heavy (non-hydrogen) atoms. The van der Waals surface area contributed by atoms with Gasteiger partial charge in [-0.2, -0.15) is 0 Å². The minimum atomic E-state index is -0.393. The highest BCUT2D eigenvalue weighted by atomic mass is 33.1. The molecule has 0 aromatic rings. The molecule has 0 aliphatic carbocycles. The van der Waals surface area contributed by atoms with E-state index in [0.717, 1.165) is 71.2 Å². The van der Waals surface area contributed by atoms with Gasteiger partial charge in [0.15, 0.2) is 0 Å². The van der Waals surface area contributed by atoms with E-state index in [4.69, 9.17) is 18.9 Å². The third-order valence-electron chi connectivity index (χ3n) is 9.51. The van der Waals surface area contributed by atoms with Crippen LogP contribution in [0.1, 0.15) is 129 Å². The van der Waals surface area contributed by atoms with Crippen LogP contribution < -0.4 is 5.32 Å². The maximum Gasteiger partial charge on any atom is 0.409 e. The molecule has 14 heteroatoms. The van der Waals surface area contributed by atoms with Crippen molar-refractivity contribution in [3.05, 3.63) is 24.3 Å². The number of unbranched alkanes of at least 4 members (excludes halogenated alkanes) is 12. The van der Waals surface area contributed by atoms with Crippen LogP contribution in [-0.4, -0.2) is 136 Å². The van der Waals surface area contributed by atoms with E-state index in [2.05, 4.69) is 48.2 Å². The SMILES string of the molecule is CCCCCC/C=C\COC(=O)CCCCCN(CCCCCC(=O)OC/C=C\CCCCCC)C(=O)OCCSSCCOC(=O)NCCN1CCN(C)CC1. The van der Waals surface area contributed by atoms with Crippen molar-refractivity contribution < 1.29 is 38.1 Å². The predicted molar refractivity (Wildman–Crippen MR) is 236 cm³/mol. The van der Waals surface area contributed by atoms with E-state index in [1.807, 2.05) is 12.2 Å². The summed E-state index contributed by atoms with van der Waals surface area (Å²) in [5.74, 6) is 0.874. The van der Waals surface area contributed by atoms with Crippen molar-refractivity contribution in [3.8, 4) is 0 Å². The molecule has 1 saturated heterocycles. The summed E-state index contributed by atoms with van der Waals surface area (Å²) in [6.45, 7) is 12.2. The van der Waals surface area contributed by atoms with Crippen LogP contribution in [0.3, 0.4) is 0 Å². The molecule has 0 atom stereocenters. The molecule has 0 spiro atoms. The van der Waals surface area contributed by atoms with E-state index >= 15 is 0 Å². The monoisotopic (exact) mass is 843 g/mol. The molecule has 1 fully saturated rings. The molecular weight excluding hydrogens is 765 g/mol. The van der Waals surface area contributed by atoms with Gasteiger partial charge in [-0.25, -0.2) is 9.59 Å². The molecule has 0 aromatic heterocycles. The zero-order valence-corrected chi connectivity index (χ0v) is 37.5. The van der Waals surface area contributed by atoms with Crippen LogP contribution in [0.25, 0.3) is 0 Å². The normalized spacial score (nSPS) is 13.6. The summed E-state index contributed by atoms with van der Waals surface area (Å²) in [5, 5.41) is 2.82. The van der Waals surface area contributed by atoms with Crippen molar-refractivity contribution in [2.45, 2.75) is 129 Å². The Balaban J connectivity index is 2.29. The van der Waals surface area contributed by atoms with E-state index in [9.17, 15) is 19.2 Å². The second-order valence-electron chi connectivity index (χ2n) is 14.6. The van der Waals surface area contributed by atoms with Gasteiger partial charge in [0.05, 0.1) is 0 Å². The highest BCUT2D eigenvalue weighted by Gasteiger charge is 2.16. The van der Waals surface area contributed by atoms with E-state index < -0.39 is 6.09 Å². The van der Waals surface area contributed by atoms with Gasteiger partial charge in [0.1, 0.15) is 26.4 Å². The molecule has 330 valence electrons. The minimum absolute atomic E-state index is 0.194. The van der Waals surface area contributed by atoms with Crippen molar-refractivity contribution in [3.63, 3.8) is 0 Å². The Morgan fingerprint density at radius 3 is 1.65 bits per heavy atom. The van der Waals surface area contributed by atoms with Crippen molar-refractivity contribution in [1.29, 1.82) is 0 Å². The van der Waals surface area contributed by atoms with Crippen LogP contribution in [0.15, 0.2) is 24.3 Å². The third-order valence-corrected chi connectivity index (χ3v) is 11.8. The van der Waals surface area contributed by atoms with Gasteiger partial charge in [-0.3, -0.25) is 14.5 Å². The van der Waals surface area contributed by atoms with Crippen LogP contribution in [0.2, 0.25) is 0 Å². The summed E-state index contributed by atoms with van der Waals surface area (Å²) < 4.78 is 21.6. The smallest absolute Gasteiger partial charge is 0.409 e. The van der Waals surface area contributed by atoms with Gasteiger partial charge in [0.2, 0.25) is 0 Å². The number of nitrogens with one attached hydrogen (secondary N) is 1. The van der Waals surface area contributed by atoms with Gasteiger partial charge in [-0.1, -0.05) is 111 Å². The van der Waals surface area contributed by atoms with Crippen molar-refractivity contribution >= 4 is 45.7 Å². The maximum absolute atomic E-state index is 13.0. The van der Waals surface area contributed by atoms with Gasteiger partial charge in [0.25, 0.3) is 0 Å². The van der Waals surface area contributed by atoms with Crippen molar-refractivity contribution in [2.75, 3.05) is 97.3 Å². The van der Waals surface area contributed by atoms with Crippen LogP contribution in [-0.2, 0) is 28.5 Å². The first kappa shape index (κ1) is 52.6. The van der Waals surface area contributed by atoms with Crippen LogP contribution >= 0.6 is 21.6 Å².